The summed E-state index contributed by atoms with van der Waals surface area (Å²) in [5.41, 5.74) is 1.29. The Morgan fingerprint density at radius 1 is 0.952 bits per heavy atom. The van der Waals surface area contributed by atoms with Gasteiger partial charge in [0, 0.05) is 0 Å². The van der Waals surface area contributed by atoms with Crippen LogP contribution in [0.3, 0.4) is 0 Å². The summed E-state index contributed by atoms with van der Waals surface area (Å²) in [5.74, 6) is -1.56. The van der Waals surface area contributed by atoms with Crippen LogP contribution >= 0.6 is 22.7 Å². The molecule has 3 heterocycles. The number of amides is 1. The van der Waals surface area contributed by atoms with Gasteiger partial charge in [0.15, 0.2) is 22.4 Å². The van der Waals surface area contributed by atoms with Crippen LogP contribution in [0.5, 0.6) is 11.5 Å². The number of esters is 1. The fraction of sp³-hybridized carbons (Fsp3) is 0.433. The second-order valence-electron chi connectivity index (χ2n) is 9.64. The molecule has 0 saturated carbocycles. The van der Waals surface area contributed by atoms with Gasteiger partial charge < -0.3 is 19.3 Å². The largest absolute Gasteiger partial charge is 0.503 e. The Balaban J connectivity index is 1.85. The van der Waals surface area contributed by atoms with E-state index >= 15 is 0 Å². The van der Waals surface area contributed by atoms with Gasteiger partial charge in [0.25, 0.3) is 5.91 Å². The van der Waals surface area contributed by atoms with Crippen LogP contribution in [-0.4, -0.2) is 52.6 Å². The van der Waals surface area contributed by atoms with Gasteiger partial charge in [-0.05, 0) is 58.7 Å². The number of benzene rings is 1. The first-order chi connectivity index (χ1) is 20.1. The topological polar surface area (TPSA) is 128 Å². The van der Waals surface area contributed by atoms with Gasteiger partial charge >= 0.3 is 5.97 Å². The van der Waals surface area contributed by atoms with Gasteiger partial charge in [0.05, 0.1) is 52.7 Å². The molecule has 0 aliphatic carbocycles. The number of aliphatic hydroxyl groups is 1. The Bertz CT molecular complexity index is 1520. The number of ketones is 1. The molecule has 1 aromatic carbocycles. The molecule has 1 amide bonds. The Hall–Kier alpha value is -3.77. The van der Waals surface area contributed by atoms with Gasteiger partial charge in [-0.25, -0.2) is 14.8 Å². The standard InChI is InChI=1S/C30H35N3O7S2/c1-7-10-11-14-40-20-13-12-19(15-21(20)38-8-2)23-22(24(34)26-16(4)31-18(6)41-26)25(35)28(36)33(23)30-32-17(5)27(42-30)29(37)39-9-3/h12-13,15,23,35H,7-11,14H2,1-6H3. The molecule has 1 atom stereocenters. The number of thiazole rings is 2. The number of rotatable bonds is 13. The van der Waals surface area contributed by atoms with Crippen molar-refractivity contribution in [2.45, 2.75) is 66.8 Å². The van der Waals surface area contributed by atoms with E-state index in [1.165, 1.54) is 16.2 Å². The maximum absolute atomic E-state index is 14.0. The van der Waals surface area contributed by atoms with Crippen molar-refractivity contribution in [3.05, 3.63) is 61.2 Å². The number of ether oxygens (including phenoxy) is 3. The molecule has 4 rings (SSSR count). The minimum Gasteiger partial charge on any atom is -0.503 e. The zero-order valence-electron chi connectivity index (χ0n) is 24.6. The lowest BCUT2D eigenvalue weighted by Crippen LogP contribution is -2.31. The Labute approximate surface area is 253 Å². The van der Waals surface area contributed by atoms with E-state index in [-0.39, 0.29) is 22.2 Å². The number of carbonyl (C=O) groups is 3. The van der Waals surface area contributed by atoms with Crippen LogP contribution in [0.1, 0.15) is 87.4 Å². The Kier molecular flexibility index (Phi) is 10.00. The minimum atomic E-state index is -1.05. The smallest absolute Gasteiger partial charge is 0.350 e. The minimum absolute atomic E-state index is 0.101. The molecule has 10 nitrogen and oxygen atoms in total. The van der Waals surface area contributed by atoms with E-state index in [0.29, 0.717) is 51.5 Å². The first-order valence-corrected chi connectivity index (χ1v) is 15.6. The van der Waals surface area contributed by atoms with Crippen LogP contribution in [0.2, 0.25) is 0 Å². The quantitative estimate of drug-likeness (QED) is 0.131. The maximum atomic E-state index is 14.0. The number of anilines is 1. The van der Waals surface area contributed by atoms with Gasteiger partial charge in [0.2, 0.25) is 5.78 Å². The summed E-state index contributed by atoms with van der Waals surface area (Å²) in [6.07, 6.45) is 2.99. The fourth-order valence-electron chi connectivity index (χ4n) is 4.70. The van der Waals surface area contributed by atoms with Crippen LogP contribution in [0.25, 0.3) is 0 Å². The highest BCUT2D eigenvalue weighted by Crippen LogP contribution is 2.46. The number of nitrogens with zero attached hydrogens (tertiary/aromatic N) is 3. The molecule has 0 radical (unpaired) electrons. The summed E-state index contributed by atoms with van der Waals surface area (Å²) in [7, 11) is 0. The molecule has 3 aromatic rings. The maximum Gasteiger partial charge on any atom is 0.350 e. The van der Waals surface area contributed by atoms with E-state index in [0.717, 1.165) is 30.6 Å². The lowest BCUT2D eigenvalue weighted by molar-refractivity contribution is -0.117. The second-order valence-corrected chi connectivity index (χ2v) is 11.8. The molecule has 12 heteroatoms. The highest BCUT2D eigenvalue weighted by Gasteiger charge is 2.47. The van der Waals surface area contributed by atoms with Crippen molar-refractivity contribution >= 4 is 45.5 Å². The van der Waals surface area contributed by atoms with Crippen LogP contribution in [-0.2, 0) is 9.53 Å². The summed E-state index contributed by atoms with van der Waals surface area (Å²) < 4.78 is 17.0. The van der Waals surface area contributed by atoms with E-state index < -0.39 is 29.5 Å². The van der Waals surface area contributed by atoms with Gasteiger partial charge in [-0.2, -0.15) is 0 Å². The van der Waals surface area contributed by atoms with Crippen molar-refractivity contribution in [3.8, 4) is 11.5 Å². The Morgan fingerprint density at radius 3 is 2.33 bits per heavy atom. The summed E-state index contributed by atoms with van der Waals surface area (Å²) in [6.45, 7) is 11.9. The molecule has 1 aliphatic heterocycles. The fourth-order valence-corrected chi connectivity index (χ4v) is 6.56. The lowest BCUT2D eigenvalue weighted by atomic mass is 9.95. The van der Waals surface area contributed by atoms with Crippen LogP contribution in [0, 0.1) is 20.8 Å². The first kappa shape index (κ1) is 31.2. The van der Waals surface area contributed by atoms with E-state index in [9.17, 15) is 19.5 Å². The van der Waals surface area contributed by atoms with Crippen molar-refractivity contribution in [2.75, 3.05) is 24.7 Å². The predicted octanol–water partition coefficient (Wildman–Crippen LogP) is 6.45. The van der Waals surface area contributed by atoms with Crippen LogP contribution in [0.15, 0.2) is 29.5 Å². The molecule has 224 valence electrons. The second kappa shape index (κ2) is 13.5. The molecule has 1 unspecified atom stereocenters. The molecular formula is C30H35N3O7S2. The summed E-state index contributed by atoms with van der Waals surface area (Å²) in [4.78, 5) is 50.9. The van der Waals surface area contributed by atoms with Gasteiger partial charge in [0.1, 0.15) is 4.88 Å². The van der Waals surface area contributed by atoms with E-state index in [4.69, 9.17) is 14.2 Å². The van der Waals surface area contributed by atoms with Crippen molar-refractivity contribution in [2.24, 2.45) is 0 Å². The molecule has 0 spiro atoms. The third-order valence-electron chi connectivity index (χ3n) is 6.60. The summed E-state index contributed by atoms with van der Waals surface area (Å²) in [6, 6.07) is 4.14. The number of aryl methyl sites for hydroxylation is 3. The van der Waals surface area contributed by atoms with Crippen molar-refractivity contribution in [1.29, 1.82) is 0 Å². The number of aromatic nitrogens is 2. The van der Waals surface area contributed by atoms with Gasteiger partial charge in [-0.3, -0.25) is 14.5 Å². The zero-order chi connectivity index (χ0) is 30.6. The van der Waals surface area contributed by atoms with Crippen LogP contribution < -0.4 is 14.4 Å². The average molecular weight is 614 g/mol. The van der Waals surface area contributed by atoms with E-state index in [2.05, 4.69) is 16.9 Å². The number of Topliss-reactive ketones (excluding diaryl/α,β-unsaturated/α-hetero) is 1. The highest BCUT2D eigenvalue weighted by atomic mass is 32.1. The van der Waals surface area contributed by atoms with Crippen molar-refractivity contribution in [1.82, 2.24) is 9.97 Å². The summed E-state index contributed by atoms with van der Waals surface area (Å²) in [5, 5.41) is 12.0. The van der Waals surface area contributed by atoms with Crippen molar-refractivity contribution in [3.63, 3.8) is 0 Å². The zero-order valence-corrected chi connectivity index (χ0v) is 26.2. The molecular weight excluding hydrogens is 578 g/mol. The van der Waals surface area contributed by atoms with Crippen molar-refractivity contribution < 1.29 is 33.7 Å². The molecule has 1 aliphatic rings. The molecule has 0 bridgehead atoms. The highest BCUT2D eigenvalue weighted by molar-refractivity contribution is 7.17. The number of unbranched alkanes of at least 4 members (excludes halogenated alkanes) is 2. The lowest BCUT2D eigenvalue weighted by Gasteiger charge is -2.25. The van der Waals surface area contributed by atoms with E-state index in [1.807, 2.05) is 6.92 Å². The normalized spacial score (nSPS) is 15.0. The molecule has 0 fully saturated rings. The molecule has 42 heavy (non-hydrogen) atoms. The SMILES string of the molecule is CCCCCOc1ccc(C2C(C(=O)c3sc(C)nc3C)=C(O)C(=O)N2c2nc(C)c(C(=O)OCC)s2)cc1OCC. The number of carbonyl (C=O) groups excluding carboxylic acids is 3. The molecule has 1 N–H and O–H groups in total. The van der Waals surface area contributed by atoms with Gasteiger partial charge in [-0.1, -0.05) is 37.2 Å². The van der Waals surface area contributed by atoms with Gasteiger partial charge in [-0.15, -0.1) is 11.3 Å². The van der Waals surface area contributed by atoms with E-state index in [1.54, 1.807) is 45.9 Å². The Morgan fingerprint density at radius 2 is 1.69 bits per heavy atom. The molecule has 0 saturated heterocycles. The van der Waals surface area contributed by atoms with Crippen LogP contribution in [0.4, 0.5) is 5.13 Å². The number of aliphatic hydroxyl groups excluding tert-OH is 1. The average Bonchev–Trinajstić information content (AvgIpc) is 3.59. The predicted molar refractivity (Wildman–Crippen MR) is 161 cm³/mol. The first-order valence-electron chi connectivity index (χ1n) is 13.9. The third kappa shape index (κ3) is 6.19. The third-order valence-corrected chi connectivity index (χ3v) is 8.81. The number of hydrogen-bond donors (Lipinski definition) is 1. The summed E-state index contributed by atoms with van der Waals surface area (Å²) >= 11 is 2.16. The molecule has 2 aromatic heterocycles. The monoisotopic (exact) mass is 613 g/mol. The number of hydrogen-bond acceptors (Lipinski definition) is 11.